The van der Waals surface area contributed by atoms with Gasteiger partial charge in [-0.2, -0.15) is 0 Å². The lowest BCUT2D eigenvalue weighted by molar-refractivity contribution is -0.0200. The third-order valence-corrected chi connectivity index (χ3v) is 4.35. The Kier molecular flexibility index (Phi) is 4.36. The highest BCUT2D eigenvalue weighted by Crippen LogP contribution is 2.36. The van der Waals surface area contributed by atoms with Crippen LogP contribution in [0.15, 0.2) is 16.6 Å². The highest BCUT2D eigenvalue weighted by Gasteiger charge is 2.42. The summed E-state index contributed by atoms with van der Waals surface area (Å²) < 4.78 is 33.2. The summed E-state index contributed by atoms with van der Waals surface area (Å²) in [6, 6.07) is 2.34. The Hall–Kier alpha value is -0.810. The molecular formula is C14H15BrF2O2. The molecule has 2 nitrogen and oxygen atoms in total. The number of carbonyl (C=O) groups is 1. The molecule has 1 fully saturated rings. The molecule has 104 valence electrons. The maximum atomic E-state index is 14.0. The summed E-state index contributed by atoms with van der Waals surface area (Å²) in [6.07, 6.45) is 3.69. The molecule has 0 spiro atoms. The highest BCUT2D eigenvalue weighted by molar-refractivity contribution is 9.10. The molecule has 5 heteroatoms. The number of benzene rings is 1. The van der Waals surface area contributed by atoms with Gasteiger partial charge in [-0.1, -0.05) is 19.3 Å². The lowest BCUT2D eigenvalue weighted by Crippen LogP contribution is -2.43. The SMILES string of the molecule is COC1(C(=O)c2c(F)ccc(Br)c2F)CCCCC1. The number of methoxy groups -OCH3 is 1. The second kappa shape index (κ2) is 5.67. The van der Waals surface area contributed by atoms with E-state index in [4.69, 9.17) is 4.74 Å². The zero-order valence-corrected chi connectivity index (χ0v) is 12.2. The molecule has 1 aromatic rings. The monoisotopic (exact) mass is 332 g/mol. The summed E-state index contributed by atoms with van der Waals surface area (Å²) in [7, 11) is 1.43. The van der Waals surface area contributed by atoms with Crippen LogP contribution in [-0.2, 0) is 4.74 Å². The number of ketones is 1. The van der Waals surface area contributed by atoms with Crippen LogP contribution in [0.4, 0.5) is 8.78 Å². The van der Waals surface area contributed by atoms with Crippen molar-refractivity contribution in [3.63, 3.8) is 0 Å². The molecule has 1 aromatic carbocycles. The predicted octanol–water partition coefficient (Wildman–Crippen LogP) is 4.26. The Balaban J connectivity index is 2.46. The number of hydrogen-bond donors (Lipinski definition) is 0. The third kappa shape index (κ3) is 2.58. The van der Waals surface area contributed by atoms with Crippen molar-refractivity contribution in [2.45, 2.75) is 37.7 Å². The first-order chi connectivity index (χ1) is 9.02. The van der Waals surface area contributed by atoms with Crippen molar-refractivity contribution < 1.29 is 18.3 Å². The van der Waals surface area contributed by atoms with Crippen molar-refractivity contribution >= 4 is 21.7 Å². The summed E-state index contributed by atoms with van der Waals surface area (Å²) >= 11 is 2.98. The summed E-state index contributed by atoms with van der Waals surface area (Å²) in [5, 5.41) is 0. The molecule has 0 amide bonds. The van der Waals surface area contributed by atoms with Crippen molar-refractivity contribution in [1.82, 2.24) is 0 Å². The van der Waals surface area contributed by atoms with Gasteiger partial charge in [0, 0.05) is 7.11 Å². The number of Topliss-reactive ketones (excluding diaryl/α,β-unsaturated/α-hetero) is 1. The Morgan fingerprint density at radius 2 is 1.89 bits per heavy atom. The minimum atomic E-state index is -1.08. The van der Waals surface area contributed by atoms with E-state index in [9.17, 15) is 13.6 Å². The standard InChI is InChI=1S/C14H15BrF2O2/c1-19-14(7-3-2-4-8-14)13(18)11-10(16)6-5-9(15)12(11)17/h5-6H,2-4,7-8H2,1H3. The molecule has 0 atom stereocenters. The molecule has 0 aliphatic heterocycles. The fourth-order valence-corrected chi connectivity index (χ4v) is 2.94. The van der Waals surface area contributed by atoms with Gasteiger partial charge in [-0.15, -0.1) is 0 Å². The summed E-state index contributed by atoms with van der Waals surface area (Å²) in [4.78, 5) is 12.5. The van der Waals surface area contributed by atoms with E-state index < -0.39 is 28.6 Å². The van der Waals surface area contributed by atoms with Crippen molar-refractivity contribution in [2.24, 2.45) is 0 Å². The first kappa shape index (κ1) is 14.6. The molecule has 19 heavy (non-hydrogen) atoms. The van der Waals surface area contributed by atoms with Gasteiger partial charge in [0.25, 0.3) is 0 Å². The molecule has 0 N–H and O–H groups in total. The smallest absolute Gasteiger partial charge is 0.200 e. The minimum absolute atomic E-state index is 0.0827. The van der Waals surface area contributed by atoms with Crippen LogP contribution in [0.1, 0.15) is 42.5 Å². The van der Waals surface area contributed by atoms with Crippen molar-refractivity contribution in [1.29, 1.82) is 0 Å². The van der Waals surface area contributed by atoms with Gasteiger partial charge in [-0.05, 0) is 40.9 Å². The van der Waals surface area contributed by atoms with E-state index >= 15 is 0 Å². The average Bonchev–Trinajstić information content (AvgIpc) is 2.44. The summed E-state index contributed by atoms with van der Waals surface area (Å²) in [6.45, 7) is 0. The molecule has 1 saturated carbocycles. The first-order valence-corrected chi connectivity index (χ1v) is 7.04. The topological polar surface area (TPSA) is 26.3 Å². The number of hydrogen-bond acceptors (Lipinski definition) is 2. The number of ether oxygens (including phenoxy) is 1. The Morgan fingerprint density at radius 3 is 2.47 bits per heavy atom. The largest absolute Gasteiger partial charge is 0.370 e. The van der Waals surface area contributed by atoms with Gasteiger partial charge in [-0.3, -0.25) is 4.79 Å². The van der Waals surface area contributed by atoms with E-state index in [0.717, 1.165) is 25.3 Å². The molecule has 0 unspecified atom stereocenters. The van der Waals surface area contributed by atoms with E-state index in [1.54, 1.807) is 0 Å². The van der Waals surface area contributed by atoms with Crippen molar-refractivity contribution in [3.8, 4) is 0 Å². The van der Waals surface area contributed by atoms with Crippen LogP contribution in [0, 0.1) is 11.6 Å². The van der Waals surface area contributed by atoms with E-state index in [-0.39, 0.29) is 4.47 Å². The van der Waals surface area contributed by atoms with Crippen molar-refractivity contribution in [3.05, 3.63) is 33.8 Å². The number of halogens is 3. The highest BCUT2D eigenvalue weighted by atomic mass is 79.9. The van der Waals surface area contributed by atoms with Gasteiger partial charge in [0.2, 0.25) is 5.78 Å². The lowest BCUT2D eigenvalue weighted by Gasteiger charge is -2.34. The fourth-order valence-electron chi connectivity index (χ4n) is 2.61. The molecule has 0 radical (unpaired) electrons. The molecule has 0 bridgehead atoms. The second-order valence-corrected chi connectivity index (χ2v) is 5.66. The number of carbonyl (C=O) groups excluding carboxylic acids is 1. The Bertz CT molecular complexity index is 496. The lowest BCUT2D eigenvalue weighted by atomic mass is 9.79. The molecular weight excluding hydrogens is 318 g/mol. The van der Waals surface area contributed by atoms with Gasteiger partial charge in [0.05, 0.1) is 10.0 Å². The fraction of sp³-hybridized carbons (Fsp3) is 0.500. The van der Waals surface area contributed by atoms with Gasteiger partial charge < -0.3 is 4.74 Å². The quantitative estimate of drug-likeness (QED) is 0.610. The molecule has 0 aromatic heterocycles. The van der Waals surface area contributed by atoms with Gasteiger partial charge >= 0.3 is 0 Å². The van der Waals surface area contributed by atoms with Gasteiger partial charge in [-0.25, -0.2) is 8.78 Å². The molecule has 2 rings (SSSR count). The third-order valence-electron chi connectivity index (χ3n) is 3.74. The average molecular weight is 333 g/mol. The number of rotatable bonds is 3. The summed E-state index contributed by atoms with van der Waals surface area (Å²) in [5.74, 6) is -2.29. The van der Waals surface area contributed by atoms with Crippen LogP contribution in [-0.4, -0.2) is 18.5 Å². The molecule has 0 saturated heterocycles. The minimum Gasteiger partial charge on any atom is -0.370 e. The predicted molar refractivity (Wildman–Crippen MR) is 71.2 cm³/mol. The molecule has 1 aliphatic rings. The summed E-state index contributed by atoms with van der Waals surface area (Å²) in [5.41, 5.74) is -1.58. The maximum absolute atomic E-state index is 14.0. The van der Waals surface area contributed by atoms with Crippen LogP contribution in [0.3, 0.4) is 0 Å². The van der Waals surface area contributed by atoms with Crippen molar-refractivity contribution in [2.75, 3.05) is 7.11 Å². The van der Waals surface area contributed by atoms with E-state index in [1.165, 1.54) is 13.2 Å². The van der Waals surface area contributed by atoms with Gasteiger partial charge in [0.1, 0.15) is 11.4 Å². The molecule has 0 heterocycles. The zero-order valence-electron chi connectivity index (χ0n) is 10.6. The van der Waals surface area contributed by atoms with E-state index in [1.807, 2.05) is 0 Å². The second-order valence-electron chi connectivity index (χ2n) is 4.81. The van der Waals surface area contributed by atoms with Crippen LogP contribution >= 0.6 is 15.9 Å². The normalized spacial score (nSPS) is 18.3. The van der Waals surface area contributed by atoms with Crippen LogP contribution in [0.5, 0.6) is 0 Å². The maximum Gasteiger partial charge on any atom is 0.200 e. The van der Waals surface area contributed by atoms with E-state index in [2.05, 4.69) is 15.9 Å². The Morgan fingerprint density at radius 1 is 1.26 bits per heavy atom. The van der Waals surface area contributed by atoms with E-state index in [0.29, 0.717) is 12.8 Å². The first-order valence-electron chi connectivity index (χ1n) is 6.25. The zero-order chi connectivity index (χ0) is 14.0. The van der Waals surface area contributed by atoms with Crippen LogP contribution in [0.25, 0.3) is 0 Å². The van der Waals surface area contributed by atoms with Crippen LogP contribution < -0.4 is 0 Å². The van der Waals surface area contributed by atoms with Gasteiger partial charge in [0.15, 0.2) is 5.82 Å². The van der Waals surface area contributed by atoms with Crippen LogP contribution in [0.2, 0.25) is 0 Å². The molecule has 1 aliphatic carbocycles. The Labute approximate surface area is 119 Å².